The highest BCUT2D eigenvalue weighted by atomic mass is 35.5. The van der Waals surface area contributed by atoms with Crippen molar-refractivity contribution in [3.63, 3.8) is 0 Å². The van der Waals surface area contributed by atoms with E-state index in [4.69, 9.17) is 11.6 Å². The fraction of sp³-hybridized carbons (Fsp3) is 0.750. The van der Waals surface area contributed by atoms with Gasteiger partial charge in [-0.05, 0) is 27.2 Å². The molecule has 0 aliphatic rings. The Balaban J connectivity index is 2.80. The van der Waals surface area contributed by atoms with Gasteiger partial charge in [0.15, 0.2) is 0 Å². The molecule has 5 heteroatoms. The second-order valence-electron chi connectivity index (χ2n) is 4.94. The molecule has 4 nitrogen and oxygen atoms in total. The van der Waals surface area contributed by atoms with E-state index in [0.29, 0.717) is 6.54 Å². The van der Waals surface area contributed by atoms with Gasteiger partial charge in [0.05, 0.1) is 22.5 Å². The zero-order valence-electron chi connectivity index (χ0n) is 11.2. The maximum Gasteiger partial charge on any atom is 0.0863 e. The summed E-state index contributed by atoms with van der Waals surface area (Å²) in [7, 11) is 1.89. The van der Waals surface area contributed by atoms with Gasteiger partial charge < -0.3 is 10.4 Å². The van der Waals surface area contributed by atoms with Crippen LogP contribution in [0, 0.1) is 0 Å². The van der Waals surface area contributed by atoms with Crippen LogP contribution in [0.25, 0.3) is 0 Å². The monoisotopic (exact) mass is 259 g/mol. The molecule has 1 aromatic rings. The number of aliphatic hydroxyl groups excluding tert-OH is 1. The summed E-state index contributed by atoms with van der Waals surface area (Å²) >= 11 is 6.25. The van der Waals surface area contributed by atoms with E-state index >= 15 is 0 Å². The summed E-state index contributed by atoms with van der Waals surface area (Å²) in [5.41, 5.74) is 1.53. The van der Waals surface area contributed by atoms with Crippen molar-refractivity contribution < 1.29 is 5.11 Å². The molecular formula is C12H22ClN3O. The third-order valence-electron chi connectivity index (χ3n) is 3.26. The first-order valence-electron chi connectivity index (χ1n) is 5.93. The number of nitrogens with zero attached hydrogens (tertiary/aromatic N) is 2. The first kappa shape index (κ1) is 14.5. The fourth-order valence-corrected chi connectivity index (χ4v) is 1.83. The number of hydrogen-bond donors (Lipinski definition) is 2. The minimum Gasteiger partial charge on any atom is -0.392 e. The van der Waals surface area contributed by atoms with Crippen LogP contribution in [-0.4, -0.2) is 26.5 Å². The topological polar surface area (TPSA) is 50.1 Å². The summed E-state index contributed by atoms with van der Waals surface area (Å²) in [6.07, 6.45) is 0.395. The Morgan fingerprint density at radius 2 is 2.12 bits per heavy atom. The van der Waals surface area contributed by atoms with Crippen molar-refractivity contribution in [2.24, 2.45) is 7.05 Å². The predicted molar refractivity (Wildman–Crippen MR) is 70.2 cm³/mol. The molecule has 17 heavy (non-hydrogen) atoms. The lowest BCUT2D eigenvalue weighted by atomic mass is 9.99. The van der Waals surface area contributed by atoms with Crippen molar-refractivity contribution in [3.05, 3.63) is 16.4 Å². The van der Waals surface area contributed by atoms with Crippen LogP contribution < -0.4 is 5.32 Å². The van der Waals surface area contributed by atoms with Gasteiger partial charge in [0.1, 0.15) is 0 Å². The zero-order chi connectivity index (χ0) is 13.2. The SMILES string of the molecule is CCc1nn(C)c(CNC(C)(C)C(C)O)c1Cl. The molecule has 1 atom stereocenters. The molecule has 0 radical (unpaired) electrons. The largest absolute Gasteiger partial charge is 0.392 e. The van der Waals surface area contributed by atoms with Crippen LogP contribution >= 0.6 is 11.6 Å². The molecule has 0 aliphatic heterocycles. The molecule has 0 amide bonds. The molecule has 2 N–H and O–H groups in total. The van der Waals surface area contributed by atoms with Crippen molar-refractivity contribution in [2.75, 3.05) is 0 Å². The molecule has 0 aromatic carbocycles. The minimum atomic E-state index is -0.430. The third-order valence-corrected chi connectivity index (χ3v) is 3.70. The van der Waals surface area contributed by atoms with Gasteiger partial charge in [-0.3, -0.25) is 4.68 Å². The number of halogens is 1. The van der Waals surface area contributed by atoms with Gasteiger partial charge in [0.25, 0.3) is 0 Å². The Morgan fingerprint density at radius 1 is 1.53 bits per heavy atom. The van der Waals surface area contributed by atoms with E-state index in [1.54, 1.807) is 11.6 Å². The van der Waals surface area contributed by atoms with Crippen molar-refractivity contribution in [1.29, 1.82) is 0 Å². The lowest BCUT2D eigenvalue weighted by molar-refractivity contribution is 0.0952. The molecule has 0 bridgehead atoms. The molecule has 0 saturated carbocycles. The van der Waals surface area contributed by atoms with Crippen LogP contribution in [0.2, 0.25) is 5.02 Å². The van der Waals surface area contributed by atoms with E-state index in [1.165, 1.54) is 0 Å². The molecule has 0 fully saturated rings. The molecule has 1 aromatic heterocycles. The molecule has 98 valence electrons. The van der Waals surface area contributed by atoms with Crippen molar-refractivity contribution in [3.8, 4) is 0 Å². The van der Waals surface area contributed by atoms with Crippen molar-refractivity contribution in [2.45, 2.75) is 52.3 Å². The normalized spacial score (nSPS) is 14.1. The average Bonchev–Trinajstić information content (AvgIpc) is 2.51. The Hall–Kier alpha value is -0.580. The first-order valence-corrected chi connectivity index (χ1v) is 6.30. The van der Waals surface area contributed by atoms with Gasteiger partial charge in [-0.15, -0.1) is 0 Å². The van der Waals surface area contributed by atoms with Crippen LogP contribution in [-0.2, 0) is 20.0 Å². The van der Waals surface area contributed by atoms with Crippen LogP contribution in [0.3, 0.4) is 0 Å². The van der Waals surface area contributed by atoms with Crippen molar-refractivity contribution in [1.82, 2.24) is 15.1 Å². The molecular weight excluding hydrogens is 238 g/mol. The van der Waals surface area contributed by atoms with Crippen LogP contribution in [0.1, 0.15) is 39.1 Å². The van der Waals surface area contributed by atoms with Crippen LogP contribution in [0.15, 0.2) is 0 Å². The third kappa shape index (κ3) is 3.21. The molecule has 0 aliphatic carbocycles. The van der Waals surface area contributed by atoms with Gasteiger partial charge in [0, 0.05) is 19.1 Å². The summed E-state index contributed by atoms with van der Waals surface area (Å²) < 4.78 is 1.80. The number of aryl methyl sites for hydroxylation is 2. The maximum atomic E-state index is 9.63. The van der Waals surface area contributed by atoms with Crippen LogP contribution in [0.5, 0.6) is 0 Å². The molecule has 1 heterocycles. The quantitative estimate of drug-likeness (QED) is 0.849. The Bertz CT molecular complexity index is 385. The van der Waals surface area contributed by atoms with Gasteiger partial charge in [-0.1, -0.05) is 18.5 Å². The summed E-state index contributed by atoms with van der Waals surface area (Å²) in [5.74, 6) is 0. The van der Waals surface area contributed by atoms with E-state index in [1.807, 2.05) is 27.8 Å². The molecule has 0 saturated heterocycles. The van der Waals surface area contributed by atoms with Gasteiger partial charge >= 0.3 is 0 Å². The summed E-state index contributed by atoms with van der Waals surface area (Å²) in [4.78, 5) is 0. The first-order chi connectivity index (χ1) is 7.79. The van der Waals surface area contributed by atoms with E-state index in [0.717, 1.165) is 22.8 Å². The van der Waals surface area contributed by atoms with Gasteiger partial charge in [-0.25, -0.2) is 0 Å². The highest BCUT2D eigenvalue weighted by molar-refractivity contribution is 6.31. The second kappa shape index (κ2) is 5.38. The highest BCUT2D eigenvalue weighted by Crippen LogP contribution is 2.21. The lowest BCUT2D eigenvalue weighted by Gasteiger charge is -2.29. The Labute approximate surface area is 108 Å². The Kier molecular flexibility index (Phi) is 4.58. The zero-order valence-corrected chi connectivity index (χ0v) is 12.0. The number of rotatable bonds is 5. The van der Waals surface area contributed by atoms with Crippen molar-refractivity contribution >= 4 is 11.6 Å². The number of aromatic nitrogens is 2. The highest BCUT2D eigenvalue weighted by Gasteiger charge is 2.24. The number of nitrogens with one attached hydrogen (secondary N) is 1. The molecule has 1 rings (SSSR count). The number of hydrogen-bond acceptors (Lipinski definition) is 3. The summed E-state index contributed by atoms with van der Waals surface area (Å²) in [6, 6.07) is 0. The fourth-order valence-electron chi connectivity index (χ4n) is 1.47. The summed E-state index contributed by atoms with van der Waals surface area (Å²) in [6.45, 7) is 8.33. The van der Waals surface area contributed by atoms with E-state index in [-0.39, 0.29) is 5.54 Å². The smallest absolute Gasteiger partial charge is 0.0863 e. The minimum absolute atomic E-state index is 0.347. The Morgan fingerprint density at radius 3 is 2.53 bits per heavy atom. The lowest BCUT2D eigenvalue weighted by Crippen LogP contribution is -2.47. The average molecular weight is 260 g/mol. The number of aliphatic hydroxyl groups is 1. The van der Waals surface area contributed by atoms with E-state index in [9.17, 15) is 5.11 Å². The maximum absolute atomic E-state index is 9.63. The molecule has 0 spiro atoms. The summed E-state index contributed by atoms with van der Waals surface area (Å²) in [5, 5.41) is 18.0. The van der Waals surface area contributed by atoms with Gasteiger partial charge in [0.2, 0.25) is 0 Å². The predicted octanol–water partition coefficient (Wildman–Crippen LogP) is 1.88. The van der Waals surface area contributed by atoms with E-state index in [2.05, 4.69) is 10.4 Å². The molecule has 1 unspecified atom stereocenters. The van der Waals surface area contributed by atoms with Crippen LogP contribution in [0.4, 0.5) is 0 Å². The van der Waals surface area contributed by atoms with E-state index < -0.39 is 6.10 Å². The standard InChI is InChI=1S/C12H22ClN3O/c1-6-9-11(13)10(16(5)15-9)7-14-12(3,4)8(2)17/h8,14,17H,6-7H2,1-5H3. The second-order valence-corrected chi connectivity index (χ2v) is 5.31. The van der Waals surface area contributed by atoms with Gasteiger partial charge in [-0.2, -0.15) is 5.10 Å².